The molecule has 1 atom stereocenters. The van der Waals surface area contributed by atoms with Crippen LogP contribution in [0.5, 0.6) is 0 Å². The van der Waals surface area contributed by atoms with E-state index in [1.165, 1.54) is 6.33 Å². The zero-order valence-corrected chi connectivity index (χ0v) is 10.6. The van der Waals surface area contributed by atoms with Crippen LogP contribution < -0.4 is 5.73 Å². The standard InChI is InChI=1S/C9H13BrN6/c1-5(2)16-8(6(10)3-14-16)7(11)9-12-4-13-15-9/h3-5,7H,11H2,1-2H3,(H,12,13,15). The Balaban J connectivity index is 2.43. The van der Waals surface area contributed by atoms with Crippen LogP contribution >= 0.6 is 15.9 Å². The Morgan fingerprint density at radius 1 is 1.50 bits per heavy atom. The Kier molecular flexibility index (Phi) is 3.06. The molecule has 0 spiro atoms. The third-order valence-corrected chi connectivity index (χ3v) is 2.91. The number of hydrogen-bond acceptors (Lipinski definition) is 4. The van der Waals surface area contributed by atoms with Gasteiger partial charge in [-0.05, 0) is 29.8 Å². The lowest BCUT2D eigenvalue weighted by Gasteiger charge is -2.15. The van der Waals surface area contributed by atoms with Crippen LogP contribution in [0.3, 0.4) is 0 Å². The fraction of sp³-hybridized carbons (Fsp3) is 0.444. The van der Waals surface area contributed by atoms with Crippen molar-refractivity contribution in [3.05, 3.63) is 28.5 Å². The Hall–Kier alpha value is -1.21. The van der Waals surface area contributed by atoms with Gasteiger partial charge in [0.05, 0.1) is 16.4 Å². The molecule has 0 fully saturated rings. The number of rotatable bonds is 3. The lowest BCUT2D eigenvalue weighted by Crippen LogP contribution is -2.20. The molecule has 3 N–H and O–H groups in total. The molecule has 0 aliphatic rings. The average molecular weight is 285 g/mol. The first kappa shape index (κ1) is 11.3. The second kappa shape index (κ2) is 4.34. The first-order valence-electron chi connectivity index (χ1n) is 4.95. The van der Waals surface area contributed by atoms with Crippen LogP contribution in [0.2, 0.25) is 0 Å². The van der Waals surface area contributed by atoms with Crippen LogP contribution in [0.25, 0.3) is 0 Å². The molecule has 0 radical (unpaired) electrons. The zero-order chi connectivity index (χ0) is 11.7. The molecule has 2 aromatic rings. The lowest BCUT2D eigenvalue weighted by atomic mass is 10.2. The molecular weight excluding hydrogens is 272 g/mol. The van der Waals surface area contributed by atoms with E-state index in [9.17, 15) is 0 Å². The summed E-state index contributed by atoms with van der Waals surface area (Å²) in [5, 5.41) is 10.8. The summed E-state index contributed by atoms with van der Waals surface area (Å²) in [4.78, 5) is 4.06. The summed E-state index contributed by atoms with van der Waals surface area (Å²) in [6.07, 6.45) is 3.19. The second-order valence-electron chi connectivity index (χ2n) is 3.76. The Morgan fingerprint density at radius 3 is 2.81 bits per heavy atom. The Morgan fingerprint density at radius 2 is 2.25 bits per heavy atom. The number of nitrogens with one attached hydrogen (secondary N) is 1. The first-order chi connectivity index (χ1) is 7.61. The highest BCUT2D eigenvalue weighted by Gasteiger charge is 2.21. The minimum atomic E-state index is -0.359. The van der Waals surface area contributed by atoms with E-state index < -0.39 is 0 Å². The number of hydrogen-bond donors (Lipinski definition) is 2. The maximum absolute atomic E-state index is 6.12. The van der Waals surface area contributed by atoms with E-state index in [0.717, 1.165) is 10.2 Å². The van der Waals surface area contributed by atoms with Crippen LogP contribution in [0, 0.1) is 0 Å². The van der Waals surface area contributed by atoms with Crippen molar-refractivity contribution in [2.75, 3.05) is 0 Å². The van der Waals surface area contributed by atoms with Gasteiger partial charge < -0.3 is 5.73 Å². The van der Waals surface area contributed by atoms with Crippen molar-refractivity contribution in [2.24, 2.45) is 5.73 Å². The molecule has 6 nitrogen and oxygen atoms in total. The molecule has 0 aliphatic heterocycles. The van der Waals surface area contributed by atoms with Gasteiger partial charge in [-0.1, -0.05) is 0 Å². The van der Waals surface area contributed by atoms with Crippen molar-refractivity contribution in [2.45, 2.75) is 25.9 Å². The van der Waals surface area contributed by atoms with Crippen molar-refractivity contribution in [3.63, 3.8) is 0 Å². The van der Waals surface area contributed by atoms with Gasteiger partial charge in [-0.3, -0.25) is 9.78 Å². The monoisotopic (exact) mass is 284 g/mol. The highest BCUT2D eigenvalue weighted by atomic mass is 79.9. The fourth-order valence-corrected chi connectivity index (χ4v) is 2.07. The molecule has 0 bridgehead atoms. The second-order valence-corrected chi connectivity index (χ2v) is 4.62. The number of H-pyrrole nitrogens is 1. The van der Waals surface area contributed by atoms with Gasteiger partial charge in [-0.15, -0.1) is 0 Å². The van der Waals surface area contributed by atoms with E-state index >= 15 is 0 Å². The topological polar surface area (TPSA) is 85.4 Å². The minimum absolute atomic E-state index is 0.246. The van der Waals surface area contributed by atoms with Gasteiger partial charge in [-0.2, -0.15) is 10.2 Å². The summed E-state index contributed by atoms with van der Waals surface area (Å²) in [6.45, 7) is 4.10. The summed E-state index contributed by atoms with van der Waals surface area (Å²) >= 11 is 3.45. The quantitative estimate of drug-likeness (QED) is 0.892. The van der Waals surface area contributed by atoms with Gasteiger partial charge in [0.2, 0.25) is 0 Å². The van der Waals surface area contributed by atoms with Crippen molar-refractivity contribution in [1.29, 1.82) is 0 Å². The maximum atomic E-state index is 6.12. The summed E-state index contributed by atoms with van der Waals surface area (Å²) in [5.41, 5.74) is 7.02. The molecule has 2 rings (SSSR count). The van der Waals surface area contributed by atoms with Gasteiger partial charge >= 0.3 is 0 Å². The van der Waals surface area contributed by atoms with Crippen LogP contribution in [-0.2, 0) is 0 Å². The van der Waals surface area contributed by atoms with Crippen LogP contribution in [0.15, 0.2) is 17.0 Å². The smallest absolute Gasteiger partial charge is 0.147 e. The van der Waals surface area contributed by atoms with Gasteiger partial charge in [0, 0.05) is 6.04 Å². The molecule has 0 aliphatic carbocycles. The van der Waals surface area contributed by atoms with Crippen molar-refractivity contribution >= 4 is 15.9 Å². The van der Waals surface area contributed by atoms with Gasteiger partial charge in [0.15, 0.2) is 0 Å². The molecule has 86 valence electrons. The minimum Gasteiger partial charge on any atom is -0.316 e. The fourth-order valence-electron chi connectivity index (χ4n) is 1.55. The van der Waals surface area contributed by atoms with E-state index in [0.29, 0.717) is 5.82 Å². The Labute approximate surface area is 101 Å². The Bertz CT molecular complexity index is 460. The summed E-state index contributed by atoms with van der Waals surface area (Å²) in [6, 6.07) is -0.114. The molecule has 0 amide bonds. The largest absolute Gasteiger partial charge is 0.316 e. The van der Waals surface area contributed by atoms with E-state index in [1.807, 2.05) is 4.68 Å². The zero-order valence-electron chi connectivity index (χ0n) is 9.05. The van der Waals surface area contributed by atoms with E-state index in [-0.39, 0.29) is 12.1 Å². The van der Waals surface area contributed by atoms with E-state index in [4.69, 9.17) is 5.73 Å². The molecule has 7 heteroatoms. The highest BCUT2D eigenvalue weighted by Crippen LogP contribution is 2.26. The molecule has 2 heterocycles. The third kappa shape index (κ3) is 1.88. The summed E-state index contributed by atoms with van der Waals surface area (Å²) in [5.74, 6) is 0.628. The van der Waals surface area contributed by atoms with E-state index in [1.54, 1.807) is 6.20 Å². The summed E-state index contributed by atoms with van der Waals surface area (Å²) < 4.78 is 2.75. The van der Waals surface area contributed by atoms with Crippen LogP contribution in [0.1, 0.15) is 37.4 Å². The van der Waals surface area contributed by atoms with Gasteiger partial charge in [0.1, 0.15) is 18.2 Å². The first-order valence-corrected chi connectivity index (χ1v) is 5.74. The molecule has 0 saturated carbocycles. The predicted molar refractivity (Wildman–Crippen MR) is 62.7 cm³/mol. The van der Waals surface area contributed by atoms with Gasteiger partial charge in [0.25, 0.3) is 0 Å². The van der Waals surface area contributed by atoms with Gasteiger partial charge in [-0.25, -0.2) is 4.98 Å². The van der Waals surface area contributed by atoms with Crippen molar-refractivity contribution in [3.8, 4) is 0 Å². The molecule has 16 heavy (non-hydrogen) atoms. The normalized spacial score (nSPS) is 13.3. The van der Waals surface area contributed by atoms with Crippen LogP contribution in [0.4, 0.5) is 0 Å². The third-order valence-electron chi connectivity index (χ3n) is 2.30. The number of nitrogens with two attached hydrogens (primary N) is 1. The van der Waals surface area contributed by atoms with E-state index in [2.05, 4.69) is 50.1 Å². The number of aromatic nitrogens is 5. The average Bonchev–Trinajstić information content (AvgIpc) is 2.84. The molecule has 0 saturated heterocycles. The maximum Gasteiger partial charge on any atom is 0.147 e. The number of nitrogens with zero attached hydrogens (tertiary/aromatic N) is 4. The SMILES string of the molecule is CC(C)n1ncc(Br)c1C(N)c1ncn[nH]1. The molecule has 1 unspecified atom stereocenters. The number of aromatic amines is 1. The van der Waals surface area contributed by atoms with Crippen molar-refractivity contribution in [1.82, 2.24) is 25.0 Å². The van der Waals surface area contributed by atoms with Crippen LogP contribution in [-0.4, -0.2) is 25.0 Å². The lowest BCUT2D eigenvalue weighted by molar-refractivity contribution is 0.494. The molecule has 2 aromatic heterocycles. The molecule has 0 aromatic carbocycles. The van der Waals surface area contributed by atoms with Crippen molar-refractivity contribution < 1.29 is 0 Å². The number of halogens is 1. The molecular formula is C9H13BrN6. The highest BCUT2D eigenvalue weighted by molar-refractivity contribution is 9.10. The predicted octanol–water partition coefficient (Wildman–Crippen LogP) is 1.39. The summed E-state index contributed by atoms with van der Waals surface area (Å²) in [7, 11) is 0.